The van der Waals surface area contributed by atoms with Gasteiger partial charge < -0.3 is 30.6 Å². The van der Waals surface area contributed by atoms with Crippen LogP contribution in [-0.2, 0) is 0 Å². The van der Waals surface area contributed by atoms with E-state index >= 15 is 0 Å². The largest absolute Gasteiger partial charge is 3.00 e. The summed E-state index contributed by atoms with van der Waals surface area (Å²) in [6.07, 6.45) is 0. The molecule has 44 heavy (non-hydrogen) atoms. The van der Waals surface area contributed by atoms with Gasteiger partial charge in [-0.05, 0) is 0 Å². The van der Waals surface area contributed by atoms with Crippen molar-refractivity contribution < 1.29 is 30.6 Å². The Labute approximate surface area is 280 Å². The first-order chi connectivity index (χ1) is 20.4. The van der Waals surface area contributed by atoms with Crippen molar-refractivity contribution in [1.82, 2.24) is 0 Å². The first-order valence-corrected chi connectivity index (χ1v) is 12.7. The molecule has 8 heteroatoms. The van der Waals surface area contributed by atoms with Gasteiger partial charge in [-0.25, -0.2) is 0 Å². The molecule has 6 aromatic rings. The summed E-state index contributed by atoms with van der Waals surface area (Å²) in [5.41, 5.74) is 0. The topological polar surface area (TPSA) is 138 Å². The average Bonchev–Trinajstić information content (AvgIpc) is 3.01. The second kappa shape index (κ2) is 28.3. The third-order valence-electron chi connectivity index (χ3n) is 4.46. The summed E-state index contributed by atoms with van der Waals surface area (Å²) < 4.78 is 0. The number of benzene rings is 6. The van der Waals surface area contributed by atoms with Crippen LogP contribution in [0.2, 0.25) is 0 Å². The average molecular weight is 613 g/mol. The fourth-order valence-electron chi connectivity index (χ4n) is 2.52. The van der Waals surface area contributed by atoms with E-state index in [2.05, 4.69) is 0 Å². The summed E-state index contributed by atoms with van der Waals surface area (Å²) in [5, 5.41) is 61.6. The van der Waals surface area contributed by atoms with Crippen molar-refractivity contribution in [1.29, 1.82) is 0 Å². The molecular weight excluding hydrogens is 582 g/mol. The maximum Gasteiger partial charge on any atom is 3.00 e. The molecule has 0 saturated heterocycles. The zero-order valence-corrected chi connectivity index (χ0v) is 26.2. The normalized spacial score (nSPS) is 8.18. The molecule has 0 bridgehead atoms. The molecule has 0 fully saturated rings. The molecule has 0 unspecified atom stereocenters. The number of para-hydroxylation sites is 6. The Hall–Kier alpha value is -4.82. The van der Waals surface area contributed by atoms with Gasteiger partial charge in [-0.15, -0.1) is 34.5 Å². The van der Waals surface area contributed by atoms with Crippen LogP contribution in [0.15, 0.2) is 182 Å². The number of rotatable bonds is 0. The van der Waals surface area contributed by atoms with Gasteiger partial charge in [0.15, 0.2) is 0 Å². The van der Waals surface area contributed by atoms with Gasteiger partial charge in [-0.1, -0.05) is 182 Å². The van der Waals surface area contributed by atoms with E-state index in [9.17, 15) is 30.6 Å². The van der Waals surface area contributed by atoms with Crippen LogP contribution >= 0.6 is 0 Å². The molecule has 6 aromatic carbocycles. The summed E-state index contributed by atoms with van der Waals surface area (Å²) in [6, 6.07) is 50.0. The molecule has 0 aromatic heterocycles. The Morgan fingerprint density at radius 1 is 0.182 bits per heavy atom. The summed E-state index contributed by atoms with van der Waals surface area (Å²) in [4.78, 5) is 0. The van der Waals surface area contributed by atoms with Crippen molar-refractivity contribution in [3.8, 4) is 34.5 Å². The molecule has 0 spiro atoms. The van der Waals surface area contributed by atoms with Gasteiger partial charge in [-0.2, -0.15) is 0 Å². The quantitative estimate of drug-likeness (QED) is 0.239. The van der Waals surface area contributed by atoms with Gasteiger partial charge in [-0.3, -0.25) is 0 Å². The third-order valence-corrected chi connectivity index (χ3v) is 4.46. The van der Waals surface area contributed by atoms with Crippen molar-refractivity contribution in [3.05, 3.63) is 182 Å². The maximum atomic E-state index is 10.3. The van der Waals surface area contributed by atoms with Crippen molar-refractivity contribution >= 4 is 34.7 Å². The Morgan fingerprint density at radius 3 is 0.318 bits per heavy atom. The molecule has 216 valence electrons. The van der Waals surface area contributed by atoms with Crippen LogP contribution in [0.4, 0.5) is 0 Å². The second-order valence-electron chi connectivity index (χ2n) is 7.88. The van der Waals surface area contributed by atoms with Crippen molar-refractivity contribution in [2.75, 3.05) is 0 Å². The summed E-state index contributed by atoms with van der Waals surface area (Å²) in [7, 11) is 0. The third kappa shape index (κ3) is 26.1. The first kappa shape index (κ1) is 41.3. The molecule has 6 rings (SSSR count). The molecule has 0 aliphatic carbocycles. The predicted octanol–water partition coefficient (Wildman–Crippen LogP) is 3.80. The van der Waals surface area contributed by atoms with E-state index in [1.165, 1.54) is 72.8 Å². The zero-order chi connectivity index (χ0) is 30.7. The molecule has 6 nitrogen and oxygen atoms in total. The second-order valence-corrected chi connectivity index (χ2v) is 7.88. The van der Waals surface area contributed by atoms with E-state index in [-0.39, 0.29) is 69.2 Å². The molecule has 0 heterocycles. The van der Waals surface area contributed by atoms with Gasteiger partial charge in [0.1, 0.15) is 0 Å². The Bertz CT molecular complexity index is 1110. The monoisotopic (exact) mass is 612 g/mol. The van der Waals surface area contributed by atoms with Crippen LogP contribution < -0.4 is 30.6 Å². The van der Waals surface area contributed by atoms with Crippen molar-refractivity contribution in [2.24, 2.45) is 0 Å². The van der Waals surface area contributed by atoms with E-state index < -0.39 is 0 Å². The van der Waals surface area contributed by atoms with E-state index in [4.69, 9.17) is 0 Å². The molecule has 0 aliphatic rings. The molecule has 0 amide bonds. The van der Waals surface area contributed by atoms with Crippen molar-refractivity contribution in [2.45, 2.75) is 0 Å². The van der Waals surface area contributed by atoms with Gasteiger partial charge in [0.25, 0.3) is 0 Å². The molecule has 0 aliphatic heterocycles. The smallest absolute Gasteiger partial charge is 0.872 e. The van der Waals surface area contributed by atoms with E-state index in [1.807, 2.05) is 36.4 Å². The molecule has 0 atom stereocenters. The minimum absolute atomic E-state index is 0. The van der Waals surface area contributed by atoms with E-state index in [0.717, 1.165) is 0 Å². The Morgan fingerprint density at radius 2 is 0.273 bits per heavy atom. The molecule has 0 saturated carbocycles. The van der Waals surface area contributed by atoms with Crippen LogP contribution in [0.5, 0.6) is 34.5 Å². The molecule has 0 radical (unpaired) electrons. The number of hydrogen-bond donors (Lipinski definition) is 0. The van der Waals surface area contributed by atoms with Gasteiger partial charge in [0.2, 0.25) is 0 Å². The van der Waals surface area contributed by atoms with Crippen molar-refractivity contribution in [3.63, 3.8) is 0 Å². The zero-order valence-electron chi connectivity index (χ0n) is 23.9. The Balaban J connectivity index is 0. The fourth-order valence-corrected chi connectivity index (χ4v) is 2.52. The molecule has 0 N–H and O–H groups in total. The Kier molecular flexibility index (Phi) is 26.6. The maximum absolute atomic E-state index is 10.3. The van der Waals surface area contributed by atoms with Gasteiger partial charge >= 0.3 is 34.7 Å². The molecular formula is C36H30Al2O6. The van der Waals surface area contributed by atoms with Crippen LogP contribution in [0.3, 0.4) is 0 Å². The summed E-state index contributed by atoms with van der Waals surface area (Å²) in [5.74, 6) is 0.431. The number of hydrogen-bond acceptors (Lipinski definition) is 6. The predicted molar refractivity (Wildman–Crippen MR) is 167 cm³/mol. The van der Waals surface area contributed by atoms with E-state index in [1.54, 1.807) is 72.8 Å². The van der Waals surface area contributed by atoms with Crippen LogP contribution in [0, 0.1) is 0 Å². The standard InChI is InChI=1S/6C6H6O.2Al/c6*7-6-4-2-1-3-5-6;;/h6*1-5,7H;;/q;;;;;;2*+3/p-6. The van der Waals surface area contributed by atoms with Crippen LogP contribution in [0.25, 0.3) is 0 Å². The summed E-state index contributed by atoms with van der Waals surface area (Å²) >= 11 is 0. The first-order valence-electron chi connectivity index (χ1n) is 12.7. The van der Waals surface area contributed by atoms with Gasteiger partial charge in [0, 0.05) is 0 Å². The minimum Gasteiger partial charge on any atom is -0.872 e. The minimum atomic E-state index is 0. The van der Waals surface area contributed by atoms with Crippen LogP contribution in [-0.4, -0.2) is 34.7 Å². The summed E-state index contributed by atoms with van der Waals surface area (Å²) in [6.45, 7) is 0. The van der Waals surface area contributed by atoms with E-state index in [0.29, 0.717) is 0 Å². The van der Waals surface area contributed by atoms with Crippen LogP contribution in [0.1, 0.15) is 0 Å². The fraction of sp³-hybridized carbons (Fsp3) is 0. The van der Waals surface area contributed by atoms with Gasteiger partial charge in [0.05, 0.1) is 0 Å². The SMILES string of the molecule is [Al+3].[Al+3].[O-]c1ccccc1.[O-]c1ccccc1.[O-]c1ccccc1.[O-]c1ccccc1.[O-]c1ccccc1.[O-]c1ccccc1.